The zero-order chi connectivity index (χ0) is 12.3. The van der Waals surface area contributed by atoms with Gasteiger partial charge >= 0.3 is 0 Å². The largest absolute Gasteiger partial charge is 0.385 e. The molecule has 0 spiro atoms. The Balaban J connectivity index is 2.25. The van der Waals surface area contributed by atoms with Crippen LogP contribution in [0.2, 0.25) is 5.02 Å². The molecule has 0 aliphatic heterocycles. The molecule has 3 heteroatoms. The van der Waals surface area contributed by atoms with Gasteiger partial charge in [-0.05, 0) is 36.8 Å². The van der Waals surface area contributed by atoms with Crippen LogP contribution in [-0.2, 0) is 12.0 Å². The summed E-state index contributed by atoms with van der Waals surface area (Å²) < 4.78 is 0. The summed E-state index contributed by atoms with van der Waals surface area (Å²) in [5.74, 6) is 0. The number of aromatic nitrogens is 1. The Bertz CT molecular complexity index is 497. The van der Waals surface area contributed by atoms with Crippen molar-refractivity contribution in [3.05, 3.63) is 64.9 Å². The van der Waals surface area contributed by atoms with E-state index in [0.29, 0.717) is 11.4 Å². The predicted octanol–water partition coefficient (Wildman–Crippen LogP) is 3.19. The van der Waals surface area contributed by atoms with Crippen LogP contribution in [0, 0.1) is 0 Å². The number of hydrogen-bond acceptors (Lipinski definition) is 2. The lowest BCUT2D eigenvalue weighted by Gasteiger charge is -2.23. The van der Waals surface area contributed by atoms with Crippen molar-refractivity contribution in [3.63, 3.8) is 0 Å². The molecular weight excluding hydrogens is 234 g/mol. The third-order valence-corrected chi connectivity index (χ3v) is 2.93. The number of halogens is 1. The second kappa shape index (κ2) is 4.86. The highest BCUT2D eigenvalue weighted by atomic mass is 35.5. The molecule has 1 aromatic heterocycles. The molecule has 0 aliphatic rings. The molecule has 0 saturated carbocycles. The van der Waals surface area contributed by atoms with Gasteiger partial charge in [-0.3, -0.25) is 4.98 Å². The minimum atomic E-state index is -0.959. The van der Waals surface area contributed by atoms with Gasteiger partial charge in [0.1, 0.15) is 0 Å². The first-order chi connectivity index (χ1) is 8.08. The van der Waals surface area contributed by atoms with Gasteiger partial charge in [-0.1, -0.05) is 29.8 Å². The molecule has 0 saturated heterocycles. The molecule has 1 aromatic carbocycles. The third-order valence-electron chi connectivity index (χ3n) is 2.70. The Morgan fingerprint density at radius 3 is 2.71 bits per heavy atom. The predicted molar refractivity (Wildman–Crippen MR) is 69.0 cm³/mol. The van der Waals surface area contributed by atoms with Gasteiger partial charge in [-0.15, -0.1) is 0 Å². The molecule has 0 radical (unpaired) electrons. The minimum absolute atomic E-state index is 0.466. The SMILES string of the molecule is CC(O)(Cc1ccccn1)c1cccc(Cl)c1. The Morgan fingerprint density at radius 1 is 1.24 bits per heavy atom. The normalized spacial score (nSPS) is 14.3. The second-order valence-corrected chi connectivity index (χ2v) is 4.72. The summed E-state index contributed by atoms with van der Waals surface area (Å²) in [4.78, 5) is 4.22. The highest BCUT2D eigenvalue weighted by molar-refractivity contribution is 6.30. The van der Waals surface area contributed by atoms with Crippen LogP contribution in [0.25, 0.3) is 0 Å². The highest BCUT2D eigenvalue weighted by Crippen LogP contribution is 2.26. The van der Waals surface area contributed by atoms with Crippen LogP contribution >= 0.6 is 11.6 Å². The highest BCUT2D eigenvalue weighted by Gasteiger charge is 2.24. The number of hydrogen-bond donors (Lipinski definition) is 1. The van der Waals surface area contributed by atoms with Crippen LogP contribution in [0.15, 0.2) is 48.7 Å². The summed E-state index contributed by atoms with van der Waals surface area (Å²) in [6.07, 6.45) is 2.19. The summed E-state index contributed by atoms with van der Waals surface area (Å²) in [5.41, 5.74) is 0.701. The summed E-state index contributed by atoms with van der Waals surface area (Å²) in [7, 11) is 0. The van der Waals surface area contributed by atoms with E-state index < -0.39 is 5.60 Å². The molecular formula is C14H14ClNO. The lowest BCUT2D eigenvalue weighted by Crippen LogP contribution is -2.24. The lowest BCUT2D eigenvalue weighted by molar-refractivity contribution is 0.0566. The zero-order valence-electron chi connectivity index (χ0n) is 9.60. The van der Waals surface area contributed by atoms with Crippen molar-refractivity contribution in [2.24, 2.45) is 0 Å². The fourth-order valence-electron chi connectivity index (χ4n) is 1.78. The smallest absolute Gasteiger partial charge is 0.0924 e. The van der Waals surface area contributed by atoms with E-state index in [0.717, 1.165) is 11.3 Å². The van der Waals surface area contributed by atoms with E-state index in [2.05, 4.69) is 4.98 Å². The van der Waals surface area contributed by atoms with Crippen molar-refractivity contribution in [1.29, 1.82) is 0 Å². The molecule has 1 atom stereocenters. The molecule has 2 rings (SSSR count). The fraction of sp³-hybridized carbons (Fsp3) is 0.214. The number of pyridine rings is 1. The van der Waals surface area contributed by atoms with Crippen molar-refractivity contribution >= 4 is 11.6 Å². The Hall–Kier alpha value is -1.38. The van der Waals surface area contributed by atoms with Gasteiger partial charge in [-0.25, -0.2) is 0 Å². The quantitative estimate of drug-likeness (QED) is 0.904. The van der Waals surface area contributed by atoms with E-state index in [1.165, 1.54) is 0 Å². The Labute approximate surface area is 106 Å². The maximum Gasteiger partial charge on any atom is 0.0924 e. The summed E-state index contributed by atoms with van der Waals surface area (Å²) >= 11 is 5.93. The number of nitrogens with zero attached hydrogens (tertiary/aromatic N) is 1. The van der Waals surface area contributed by atoms with E-state index in [1.54, 1.807) is 25.3 Å². The maximum atomic E-state index is 10.5. The Morgan fingerprint density at radius 2 is 2.06 bits per heavy atom. The van der Waals surface area contributed by atoms with Crippen LogP contribution in [0.3, 0.4) is 0 Å². The van der Waals surface area contributed by atoms with Crippen molar-refractivity contribution in [2.45, 2.75) is 18.9 Å². The summed E-state index contributed by atoms with van der Waals surface area (Å²) in [5, 5.41) is 11.1. The Kier molecular flexibility index (Phi) is 3.46. The van der Waals surface area contributed by atoms with Gasteiger partial charge in [0.15, 0.2) is 0 Å². The lowest BCUT2D eigenvalue weighted by atomic mass is 9.91. The average molecular weight is 248 g/mol. The van der Waals surface area contributed by atoms with E-state index in [-0.39, 0.29) is 0 Å². The van der Waals surface area contributed by atoms with Gasteiger partial charge < -0.3 is 5.11 Å². The van der Waals surface area contributed by atoms with Crippen LogP contribution in [0.1, 0.15) is 18.2 Å². The molecule has 2 aromatic rings. The van der Waals surface area contributed by atoms with E-state index in [9.17, 15) is 5.11 Å². The van der Waals surface area contributed by atoms with Gasteiger partial charge in [0.25, 0.3) is 0 Å². The van der Waals surface area contributed by atoms with Crippen LogP contribution in [-0.4, -0.2) is 10.1 Å². The van der Waals surface area contributed by atoms with Gasteiger partial charge in [0, 0.05) is 23.3 Å². The molecule has 1 heterocycles. The fourth-order valence-corrected chi connectivity index (χ4v) is 1.97. The van der Waals surface area contributed by atoms with Crippen LogP contribution in [0.5, 0.6) is 0 Å². The number of benzene rings is 1. The molecule has 1 N–H and O–H groups in total. The van der Waals surface area contributed by atoms with Gasteiger partial charge in [0.05, 0.1) is 5.60 Å². The molecule has 0 aliphatic carbocycles. The van der Waals surface area contributed by atoms with Gasteiger partial charge in [0.2, 0.25) is 0 Å². The van der Waals surface area contributed by atoms with E-state index >= 15 is 0 Å². The summed E-state index contributed by atoms with van der Waals surface area (Å²) in [6, 6.07) is 13.0. The first-order valence-corrected chi connectivity index (χ1v) is 5.84. The molecule has 17 heavy (non-hydrogen) atoms. The number of aliphatic hydroxyl groups is 1. The average Bonchev–Trinajstić information content (AvgIpc) is 2.30. The zero-order valence-corrected chi connectivity index (χ0v) is 10.4. The minimum Gasteiger partial charge on any atom is -0.385 e. The number of rotatable bonds is 3. The standard InChI is InChI=1S/C14H14ClNO/c1-14(17,10-13-7-2-3-8-16-13)11-5-4-6-12(15)9-11/h2-9,17H,10H2,1H3. The van der Waals surface area contributed by atoms with E-state index in [4.69, 9.17) is 11.6 Å². The first-order valence-electron chi connectivity index (χ1n) is 5.46. The molecule has 0 fully saturated rings. The third kappa shape index (κ3) is 3.05. The van der Waals surface area contributed by atoms with Crippen LogP contribution < -0.4 is 0 Å². The first kappa shape index (κ1) is 12.1. The second-order valence-electron chi connectivity index (χ2n) is 4.28. The van der Waals surface area contributed by atoms with Crippen LogP contribution in [0.4, 0.5) is 0 Å². The molecule has 88 valence electrons. The van der Waals surface area contributed by atoms with Crippen molar-refractivity contribution in [2.75, 3.05) is 0 Å². The van der Waals surface area contributed by atoms with E-state index in [1.807, 2.05) is 30.3 Å². The monoisotopic (exact) mass is 247 g/mol. The molecule has 2 nitrogen and oxygen atoms in total. The maximum absolute atomic E-state index is 10.5. The van der Waals surface area contributed by atoms with Crippen molar-refractivity contribution < 1.29 is 5.11 Å². The molecule has 0 bridgehead atoms. The molecule has 0 amide bonds. The summed E-state index contributed by atoms with van der Waals surface area (Å²) in [6.45, 7) is 1.77. The van der Waals surface area contributed by atoms with Crippen molar-refractivity contribution in [1.82, 2.24) is 4.98 Å². The topological polar surface area (TPSA) is 33.1 Å². The van der Waals surface area contributed by atoms with Gasteiger partial charge in [-0.2, -0.15) is 0 Å². The van der Waals surface area contributed by atoms with Crippen molar-refractivity contribution in [3.8, 4) is 0 Å². The molecule has 1 unspecified atom stereocenters.